The van der Waals surface area contributed by atoms with Gasteiger partial charge in [0.25, 0.3) is 5.91 Å². The van der Waals surface area contributed by atoms with Gasteiger partial charge in [-0.2, -0.15) is 0 Å². The van der Waals surface area contributed by atoms with Gasteiger partial charge in [0.1, 0.15) is 17.2 Å². The van der Waals surface area contributed by atoms with Crippen LogP contribution in [0.15, 0.2) is 18.2 Å². The molecular formula is C14H18F2N2O. The van der Waals surface area contributed by atoms with Crippen molar-refractivity contribution in [3.63, 3.8) is 0 Å². The van der Waals surface area contributed by atoms with Gasteiger partial charge in [0, 0.05) is 19.6 Å². The lowest BCUT2D eigenvalue weighted by atomic mass is 10.1. The average Bonchev–Trinajstić information content (AvgIpc) is 2.63. The number of likely N-dealkylation sites (N-methyl/N-ethyl adjacent to an activating group) is 1. The Morgan fingerprint density at radius 3 is 2.47 bits per heavy atom. The van der Waals surface area contributed by atoms with E-state index in [4.69, 9.17) is 0 Å². The van der Waals surface area contributed by atoms with Crippen LogP contribution in [-0.2, 0) is 0 Å². The van der Waals surface area contributed by atoms with E-state index >= 15 is 0 Å². The number of hydrogen-bond donors (Lipinski definition) is 0. The fourth-order valence-electron chi connectivity index (χ4n) is 2.35. The quantitative estimate of drug-likeness (QED) is 0.820. The predicted molar refractivity (Wildman–Crippen MR) is 69.0 cm³/mol. The number of amides is 1. The number of rotatable bonds is 2. The van der Waals surface area contributed by atoms with Crippen molar-refractivity contribution in [2.45, 2.75) is 13.3 Å². The van der Waals surface area contributed by atoms with Gasteiger partial charge in [-0.15, -0.1) is 0 Å². The van der Waals surface area contributed by atoms with Gasteiger partial charge in [-0.25, -0.2) is 8.78 Å². The van der Waals surface area contributed by atoms with Crippen molar-refractivity contribution in [1.29, 1.82) is 0 Å². The molecule has 19 heavy (non-hydrogen) atoms. The summed E-state index contributed by atoms with van der Waals surface area (Å²) < 4.78 is 27.2. The smallest absolute Gasteiger partial charge is 0.259 e. The monoisotopic (exact) mass is 268 g/mol. The molecule has 2 rings (SSSR count). The Bertz CT molecular complexity index is 445. The van der Waals surface area contributed by atoms with E-state index in [2.05, 4.69) is 11.8 Å². The van der Waals surface area contributed by atoms with Gasteiger partial charge < -0.3 is 9.80 Å². The molecule has 0 aliphatic carbocycles. The molecule has 0 aromatic heterocycles. The lowest BCUT2D eigenvalue weighted by Gasteiger charge is -2.21. The van der Waals surface area contributed by atoms with Crippen molar-refractivity contribution >= 4 is 5.91 Å². The van der Waals surface area contributed by atoms with Gasteiger partial charge in [0.2, 0.25) is 0 Å². The second kappa shape index (κ2) is 6.10. The highest BCUT2D eigenvalue weighted by Gasteiger charge is 2.24. The Kier molecular flexibility index (Phi) is 4.47. The van der Waals surface area contributed by atoms with Crippen LogP contribution in [-0.4, -0.2) is 48.4 Å². The molecule has 0 bridgehead atoms. The molecule has 0 spiro atoms. The van der Waals surface area contributed by atoms with Crippen molar-refractivity contribution in [3.05, 3.63) is 35.4 Å². The van der Waals surface area contributed by atoms with Gasteiger partial charge in [-0.3, -0.25) is 4.79 Å². The molecule has 0 unspecified atom stereocenters. The number of halogens is 2. The molecule has 0 N–H and O–H groups in total. The van der Waals surface area contributed by atoms with Gasteiger partial charge in [0.15, 0.2) is 0 Å². The Morgan fingerprint density at radius 2 is 1.84 bits per heavy atom. The first kappa shape index (κ1) is 13.9. The maximum atomic E-state index is 13.6. The van der Waals surface area contributed by atoms with Gasteiger partial charge >= 0.3 is 0 Å². The minimum atomic E-state index is -0.790. The largest absolute Gasteiger partial charge is 0.337 e. The fraction of sp³-hybridized carbons (Fsp3) is 0.500. The Hall–Kier alpha value is -1.49. The zero-order valence-corrected chi connectivity index (χ0v) is 11.0. The maximum Gasteiger partial charge on any atom is 0.259 e. The molecule has 0 radical (unpaired) electrons. The van der Waals surface area contributed by atoms with Crippen LogP contribution in [0.25, 0.3) is 0 Å². The second-order valence-electron chi connectivity index (χ2n) is 4.68. The summed E-state index contributed by atoms with van der Waals surface area (Å²) in [7, 11) is 0. The minimum Gasteiger partial charge on any atom is -0.337 e. The molecule has 0 atom stereocenters. The Balaban J connectivity index is 2.15. The molecule has 0 saturated carbocycles. The molecule has 1 amide bonds. The van der Waals surface area contributed by atoms with E-state index in [1.807, 2.05) is 0 Å². The first-order valence-electron chi connectivity index (χ1n) is 6.59. The third-order valence-electron chi connectivity index (χ3n) is 3.50. The maximum absolute atomic E-state index is 13.6. The van der Waals surface area contributed by atoms with Crippen LogP contribution in [0, 0.1) is 11.6 Å². The van der Waals surface area contributed by atoms with Gasteiger partial charge in [-0.05, 0) is 31.6 Å². The lowest BCUT2D eigenvalue weighted by molar-refractivity contribution is 0.0752. The molecule has 5 heteroatoms. The van der Waals surface area contributed by atoms with Crippen LogP contribution in [0.2, 0.25) is 0 Å². The number of nitrogens with zero attached hydrogens (tertiary/aromatic N) is 2. The molecular weight excluding hydrogens is 250 g/mol. The van der Waals surface area contributed by atoms with Crippen LogP contribution >= 0.6 is 0 Å². The topological polar surface area (TPSA) is 23.6 Å². The van der Waals surface area contributed by atoms with E-state index in [0.29, 0.717) is 13.1 Å². The number of hydrogen-bond acceptors (Lipinski definition) is 2. The van der Waals surface area contributed by atoms with Crippen molar-refractivity contribution in [2.24, 2.45) is 0 Å². The first-order chi connectivity index (χ1) is 9.13. The molecule has 3 nitrogen and oxygen atoms in total. The lowest BCUT2D eigenvalue weighted by Crippen LogP contribution is -2.36. The summed E-state index contributed by atoms with van der Waals surface area (Å²) in [6, 6.07) is 3.50. The zero-order valence-electron chi connectivity index (χ0n) is 11.0. The highest BCUT2D eigenvalue weighted by atomic mass is 19.1. The van der Waals surface area contributed by atoms with Crippen molar-refractivity contribution < 1.29 is 13.6 Å². The van der Waals surface area contributed by atoms with Crippen LogP contribution in [0.1, 0.15) is 23.7 Å². The van der Waals surface area contributed by atoms with Crippen molar-refractivity contribution in [3.8, 4) is 0 Å². The highest BCUT2D eigenvalue weighted by molar-refractivity contribution is 5.94. The van der Waals surface area contributed by atoms with E-state index in [1.54, 1.807) is 0 Å². The van der Waals surface area contributed by atoms with Crippen LogP contribution in [0.4, 0.5) is 8.78 Å². The summed E-state index contributed by atoms with van der Waals surface area (Å²) in [5.74, 6) is -2.13. The molecule has 1 fully saturated rings. The minimum absolute atomic E-state index is 0.438. The number of carbonyl (C=O) groups excluding carboxylic acids is 1. The normalized spacial score (nSPS) is 17.3. The summed E-state index contributed by atoms with van der Waals surface area (Å²) in [6.07, 6.45) is 0.829. The molecule has 1 aliphatic heterocycles. The fourth-order valence-corrected chi connectivity index (χ4v) is 2.35. The van der Waals surface area contributed by atoms with Gasteiger partial charge in [-0.1, -0.05) is 13.0 Å². The predicted octanol–water partition coefficient (Wildman–Crippen LogP) is 2.13. The molecule has 104 valence electrons. The first-order valence-corrected chi connectivity index (χ1v) is 6.59. The summed E-state index contributed by atoms with van der Waals surface area (Å²) in [4.78, 5) is 16.0. The summed E-state index contributed by atoms with van der Waals surface area (Å²) in [5.41, 5.74) is -0.438. The summed E-state index contributed by atoms with van der Waals surface area (Å²) in [5, 5.41) is 0. The molecule has 1 aromatic carbocycles. The standard InChI is InChI=1S/C14H18F2N2O/c1-2-17-7-4-8-18(10-9-17)14(19)13-11(15)5-3-6-12(13)16/h3,5-6H,2,4,7-10H2,1H3. The van der Waals surface area contributed by atoms with Crippen LogP contribution < -0.4 is 0 Å². The molecule has 1 aromatic rings. The summed E-state index contributed by atoms with van der Waals surface area (Å²) >= 11 is 0. The van der Waals surface area contributed by atoms with Crippen LogP contribution in [0.3, 0.4) is 0 Å². The van der Waals surface area contributed by atoms with E-state index in [9.17, 15) is 13.6 Å². The van der Waals surface area contributed by atoms with Crippen molar-refractivity contribution in [2.75, 3.05) is 32.7 Å². The number of benzene rings is 1. The molecule has 1 aliphatic rings. The molecule has 1 heterocycles. The third kappa shape index (κ3) is 3.10. The SMILES string of the molecule is CCN1CCCN(C(=O)c2c(F)cccc2F)CC1. The van der Waals surface area contributed by atoms with E-state index in [1.165, 1.54) is 11.0 Å². The third-order valence-corrected chi connectivity index (χ3v) is 3.50. The van der Waals surface area contributed by atoms with E-state index in [0.717, 1.165) is 38.2 Å². The van der Waals surface area contributed by atoms with E-state index in [-0.39, 0.29) is 0 Å². The summed E-state index contributed by atoms with van der Waals surface area (Å²) in [6.45, 7) is 5.71. The van der Waals surface area contributed by atoms with Gasteiger partial charge in [0.05, 0.1) is 0 Å². The van der Waals surface area contributed by atoms with Crippen molar-refractivity contribution in [1.82, 2.24) is 9.80 Å². The number of carbonyl (C=O) groups is 1. The second-order valence-corrected chi connectivity index (χ2v) is 4.68. The highest BCUT2D eigenvalue weighted by Crippen LogP contribution is 2.16. The zero-order chi connectivity index (χ0) is 13.8. The molecule has 1 saturated heterocycles. The average molecular weight is 268 g/mol. The van der Waals surface area contributed by atoms with E-state index < -0.39 is 23.1 Å². The Morgan fingerprint density at radius 1 is 1.16 bits per heavy atom. The van der Waals surface area contributed by atoms with Crippen LogP contribution in [0.5, 0.6) is 0 Å². The Labute approximate surface area is 111 Å².